The van der Waals surface area contributed by atoms with Gasteiger partial charge in [0.2, 0.25) is 0 Å². The molecule has 11 heteroatoms. The molecule has 0 radical (unpaired) electrons. The van der Waals surface area contributed by atoms with Gasteiger partial charge in [0.1, 0.15) is 5.82 Å². The molecule has 1 N–H and O–H groups in total. The molecule has 0 unspecified atom stereocenters. The van der Waals surface area contributed by atoms with Crippen molar-refractivity contribution in [2.75, 3.05) is 25.4 Å². The van der Waals surface area contributed by atoms with Gasteiger partial charge in [-0.3, -0.25) is 9.36 Å². The van der Waals surface area contributed by atoms with Crippen LogP contribution < -0.4 is 5.32 Å². The molecule has 1 fully saturated rings. The summed E-state index contributed by atoms with van der Waals surface area (Å²) in [7, 11) is 0. The van der Waals surface area contributed by atoms with E-state index in [1.807, 2.05) is 0 Å². The number of hydrogen-bond acceptors (Lipinski definition) is 5. The molecule has 2 heterocycles. The number of nitrogens with one attached hydrogen (secondary N) is 1. The smallest absolute Gasteiger partial charge is 0.345 e. The molecule has 34 heavy (non-hydrogen) atoms. The van der Waals surface area contributed by atoms with Crippen LogP contribution in [0.3, 0.4) is 0 Å². The normalized spacial score (nSPS) is 14.5. The van der Waals surface area contributed by atoms with Crippen molar-refractivity contribution in [1.82, 2.24) is 25.0 Å². The van der Waals surface area contributed by atoms with Crippen LogP contribution in [0.4, 0.5) is 17.6 Å². The Morgan fingerprint density at radius 3 is 2.56 bits per heavy atom. The van der Waals surface area contributed by atoms with Gasteiger partial charge in [0.25, 0.3) is 5.91 Å². The van der Waals surface area contributed by atoms with E-state index < -0.39 is 23.5 Å². The lowest BCUT2D eigenvalue weighted by molar-refractivity contribution is -0.137. The molecule has 1 aliphatic heterocycles. The van der Waals surface area contributed by atoms with E-state index in [1.54, 1.807) is 0 Å². The number of carbonyl (C=O) groups excluding carboxylic acids is 1. The van der Waals surface area contributed by atoms with Crippen LogP contribution in [0.1, 0.15) is 34.6 Å². The van der Waals surface area contributed by atoms with Crippen molar-refractivity contribution in [3.05, 3.63) is 71.3 Å². The Morgan fingerprint density at radius 1 is 1.06 bits per heavy atom. The first-order chi connectivity index (χ1) is 16.3. The lowest BCUT2D eigenvalue weighted by atomic mass is 10.2. The van der Waals surface area contributed by atoms with E-state index in [0.717, 1.165) is 44.6 Å². The minimum Gasteiger partial charge on any atom is -0.345 e. The average Bonchev–Trinajstić information content (AvgIpc) is 3.47. The molecule has 0 atom stereocenters. The highest BCUT2D eigenvalue weighted by Gasteiger charge is 2.31. The molecular weight excluding hydrogens is 470 g/mol. The highest BCUT2D eigenvalue weighted by molar-refractivity contribution is 7.99. The van der Waals surface area contributed by atoms with Crippen LogP contribution in [0, 0.1) is 5.82 Å². The minimum absolute atomic E-state index is 0.132. The Hall–Kier alpha value is -2.92. The molecule has 0 bridgehead atoms. The van der Waals surface area contributed by atoms with Crippen molar-refractivity contribution in [2.45, 2.75) is 30.7 Å². The molecule has 0 aliphatic carbocycles. The van der Waals surface area contributed by atoms with Crippen LogP contribution >= 0.6 is 11.8 Å². The summed E-state index contributed by atoms with van der Waals surface area (Å²) in [5.74, 6) is -0.385. The van der Waals surface area contributed by atoms with Crippen LogP contribution in [0.15, 0.2) is 53.7 Å². The van der Waals surface area contributed by atoms with Crippen molar-refractivity contribution in [2.24, 2.45) is 0 Å². The van der Waals surface area contributed by atoms with E-state index in [2.05, 4.69) is 20.4 Å². The van der Waals surface area contributed by atoms with Gasteiger partial charge < -0.3 is 10.2 Å². The second kappa shape index (κ2) is 10.6. The van der Waals surface area contributed by atoms with Crippen LogP contribution in [-0.4, -0.2) is 51.0 Å². The highest BCUT2D eigenvalue weighted by atomic mass is 32.2. The summed E-state index contributed by atoms with van der Waals surface area (Å²) in [5.41, 5.74) is -0.695. The second-order valence-corrected chi connectivity index (χ2v) is 8.90. The molecule has 6 nitrogen and oxygen atoms in total. The summed E-state index contributed by atoms with van der Waals surface area (Å²) in [6, 6.07) is 10.4. The van der Waals surface area contributed by atoms with Gasteiger partial charge in [-0.15, -0.1) is 10.2 Å². The standard InChI is InChI=1S/C23H23F4N5OS/c24-19-9-2-1-8-18(19)21(33)28-15-20-29-30-22(34-13-12-31-10-3-4-11-31)32(20)17-7-5-6-16(14-17)23(25,26)27/h1-2,5-9,14H,3-4,10-13,15H2,(H,28,33). The maximum Gasteiger partial charge on any atom is 0.416 e. The van der Waals surface area contributed by atoms with Crippen LogP contribution in [0.25, 0.3) is 5.69 Å². The maximum absolute atomic E-state index is 13.9. The molecule has 1 aromatic heterocycles. The van der Waals surface area contributed by atoms with Gasteiger partial charge >= 0.3 is 6.18 Å². The summed E-state index contributed by atoms with van der Waals surface area (Å²) in [6.07, 6.45) is -2.18. The van der Waals surface area contributed by atoms with Gasteiger partial charge in [-0.05, 0) is 56.3 Å². The van der Waals surface area contributed by atoms with Gasteiger partial charge in [0.05, 0.1) is 23.4 Å². The topological polar surface area (TPSA) is 63.1 Å². The van der Waals surface area contributed by atoms with Crippen molar-refractivity contribution >= 4 is 17.7 Å². The number of nitrogens with zero attached hydrogens (tertiary/aromatic N) is 4. The molecule has 180 valence electrons. The molecule has 0 saturated carbocycles. The predicted octanol–water partition coefficient (Wildman–Crippen LogP) is 4.54. The summed E-state index contributed by atoms with van der Waals surface area (Å²) in [4.78, 5) is 14.8. The van der Waals surface area contributed by atoms with Gasteiger partial charge in [-0.2, -0.15) is 13.2 Å². The van der Waals surface area contributed by atoms with E-state index in [4.69, 9.17) is 0 Å². The number of amides is 1. The lowest BCUT2D eigenvalue weighted by Crippen LogP contribution is -2.25. The average molecular weight is 494 g/mol. The molecule has 3 aromatic rings. The summed E-state index contributed by atoms with van der Waals surface area (Å²) >= 11 is 1.39. The predicted molar refractivity (Wildman–Crippen MR) is 120 cm³/mol. The van der Waals surface area contributed by atoms with Crippen molar-refractivity contribution in [3.8, 4) is 5.69 Å². The fourth-order valence-corrected chi connectivity index (χ4v) is 4.73. The summed E-state index contributed by atoms with van der Waals surface area (Å²) in [6.45, 7) is 2.77. The zero-order chi connectivity index (χ0) is 24.1. The van der Waals surface area contributed by atoms with E-state index in [-0.39, 0.29) is 23.6 Å². The molecule has 4 rings (SSSR count). The van der Waals surface area contributed by atoms with E-state index >= 15 is 0 Å². The first kappa shape index (κ1) is 24.2. The summed E-state index contributed by atoms with van der Waals surface area (Å²) < 4.78 is 55.4. The Kier molecular flexibility index (Phi) is 7.52. The number of halogens is 4. The molecule has 2 aromatic carbocycles. The van der Waals surface area contributed by atoms with Gasteiger partial charge in [-0.25, -0.2) is 4.39 Å². The number of likely N-dealkylation sites (tertiary alicyclic amines) is 1. The van der Waals surface area contributed by atoms with Crippen LogP contribution in [0.5, 0.6) is 0 Å². The zero-order valence-corrected chi connectivity index (χ0v) is 19.0. The third-order valence-corrected chi connectivity index (χ3v) is 6.40. The fraction of sp³-hybridized carbons (Fsp3) is 0.348. The summed E-state index contributed by atoms with van der Waals surface area (Å²) in [5, 5.41) is 11.3. The van der Waals surface area contributed by atoms with Crippen LogP contribution in [0.2, 0.25) is 0 Å². The number of benzene rings is 2. The second-order valence-electron chi connectivity index (χ2n) is 7.84. The molecule has 1 aliphatic rings. The van der Waals surface area contributed by atoms with E-state index in [1.165, 1.54) is 52.7 Å². The quantitative estimate of drug-likeness (QED) is 0.369. The molecule has 1 amide bonds. The fourth-order valence-electron chi connectivity index (χ4n) is 3.76. The Balaban J connectivity index is 1.57. The highest BCUT2D eigenvalue weighted by Crippen LogP contribution is 2.31. The number of thioether (sulfide) groups is 1. The number of hydrogen-bond donors (Lipinski definition) is 1. The third kappa shape index (κ3) is 5.76. The first-order valence-electron chi connectivity index (χ1n) is 10.8. The van der Waals surface area contributed by atoms with Gasteiger partial charge in [-0.1, -0.05) is 30.0 Å². The Bertz CT molecular complexity index is 1140. The zero-order valence-electron chi connectivity index (χ0n) is 18.2. The van der Waals surface area contributed by atoms with Crippen LogP contribution in [-0.2, 0) is 12.7 Å². The monoisotopic (exact) mass is 493 g/mol. The van der Waals surface area contributed by atoms with Gasteiger partial charge in [0.15, 0.2) is 11.0 Å². The van der Waals surface area contributed by atoms with Crippen molar-refractivity contribution in [1.29, 1.82) is 0 Å². The SMILES string of the molecule is O=C(NCc1nnc(SCCN2CCCC2)n1-c1cccc(C(F)(F)F)c1)c1ccccc1F. The Labute approximate surface area is 198 Å². The number of rotatable bonds is 8. The van der Waals surface area contributed by atoms with E-state index in [0.29, 0.717) is 10.9 Å². The lowest BCUT2D eigenvalue weighted by Gasteiger charge is -2.15. The number of alkyl halides is 3. The third-order valence-electron chi connectivity index (χ3n) is 5.49. The van der Waals surface area contributed by atoms with E-state index in [9.17, 15) is 22.4 Å². The first-order valence-corrected chi connectivity index (χ1v) is 11.8. The van der Waals surface area contributed by atoms with Crippen molar-refractivity contribution in [3.63, 3.8) is 0 Å². The minimum atomic E-state index is -4.51. The Morgan fingerprint density at radius 2 is 1.82 bits per heavy atom. The largest absolute Gasteiger partial charge is 0.416 e. The molecule has 1 saturated heterocycles. The molecule has 0 spiro atoms. The maximum atomic E-state index is 13.9. The number of carbonyl (C=O) groups is 1. The van der Waals surface area contributed by atoms with Gasteiger partial charge in [0, 0.05) is 12.3 Å². The number of aromatic nitrogens is 3. The molecular formula is C23H23F4N5OS. The van der Waals surface area contributed by atoms with Crippen molar-refractivity contribution < 1.29 is 22.4 Å².